The Morgan fingerprint density at radius 3 is 0.991 bits per heavy atom. The number of benzene rings is 9. The summed E-state index contributed by atoms with van der Waals surface area (Å²) in [6.07, 6.45) is 1.92. The van der Waals surface area contributed by atoms with E-state index < -0.39 is 76.4 Å². The van der Waals surface area contributed by atoms with Gasteiger partial charge in [-0.05, 0) is 103 Å². The molecule has 0 fully saturated rings. The molecule has 20 nitrogen and oxygen atoms in total. The van der Waals surface area contributed by atoms with Gasteiger partial charge in [0.15, 0.2) is 34.5 Å². The molecule has 37 heteroatoms. The van der Waals surface area contributed by atoms with Crippen LogP contribution in [0.25, 0.3) is 33.4 Å². The molecule has 9 aromatic rings. The van der Waals surface area contributed by atoms with Crippen molar-refractivity contribution in [1.29, 1.82) is 0 Å². The predicted octanol–water partition coefficient (Wildman–Crippen LogP) is 16.3. The summed E-state index contributed by atoms with van der Waals surface area (Å²) in [6.45, 7) is 2.21. The molecular weight excluding hydrogens is 1750 g/mol. The van der Waals surface area contributed by atoms with Crippen molar-refractivity contribution in [2.75, 3.05) is 53.9 Å². The first-order valence-corrected chi connectivity index (χ1v) is 37.4. The third-order valence-electron chi connectivity index (χ3n) is 16.5. The molecule has 600 valence electrons. The number of carbonyl (C=O) groups is 6. The minimum Gasteiger partial charge on any atom is -0.870 e. The first-order valence-electron chi connectivity index (χ1n) is 32.9. The van der Waals surface area contributed by atoms with Gasteiger partial charge >= 0.3 is 36.8 Å². The molecule has 0 saturated carbocycles. The number of carboxylic acid groups (broad SMARTS) is 1. The van der Waals surface area contributed by atoms with Gasteiger partial charge in [-0.25, -0.2) is 27.2 Å². The van der Waals surface area contributed by atoms with Gasteiger partial charge in [-0.3, -0.25) is 19.2 Å². The molecule has 3 aliphatic heterocycles. The summed E-state index contributed by atoms with van der Waals surface area (Å²) in [5.41, 5.74) is 10.1. The smallest absolute Gasteiger partial charge is 0.870 e. The summed E-state index contributed by atoms with van der Waals surface area (Å²) in [6, 6.07) is 26.9. The second-order valence-electron chi connectivity index (χ2n) is 23.9. The zero-order chi connectivity index (χ0) is 80.7. The van der Waals surface area contributed by atoms with E-state index in [2.05, 4.69) is 15.4 Å². The molecule has 0 unspecified atom stereocenters. The molecule has 3 aliphatic rings. The number of nitrogens with one attached hydrogen (secondary N) is 2. The van der Waals surface area contributed by atoms with Gasteiger partial charge in [0.05, 0.1) is 126 Å². The number of methoxy groups -OCH3 is 2. The first kappa shape index (κ1) is 95.3. The summed E-state index contributed by atoms with van der Waals surface area (Å²) in [5.74, 6) is -4.06. The van der Waals surface area contributed by atoms with Crippen molar-refractivity contribution in [3.05, 3.63) is 239 Å². The molecule has 0 radical (unpaired) electrons. The van der Waals surface area contributed by atoms with E-state index in [0.717, 1.165) is 30.3 Å². The van der Waals surface area contributed by atoms with Crippen molar-refractivity contribution >= 4 is 174 Å². The van der Waals surface area contributed by atoms with Crippen LogP contribution in [0.15, 0.2) is 127 Å². The molecule has 0 aromatic heterocycles. The van der Waals surface area contributed by atoms with Crippen molar-refractivity contribution in [1.82, 2.24) is 10.6 Å². The fraction of sp³-hybridized carbons (Fsp3) is 0.221. The number of fused-ring (bicyclic) bond motifs is 3. The molecule has 0 saturated heterocycles. The average molecular weight is 1810 g/mol. The summed E-state index contributed by atoms with van der Waals surface area (Å²) in [7, 11) is 2.50. The van der Waals surface area contributed by atoms with Crippen LogP contribution in [0.5, 0.6) is 34.5 Å². The topological polar surface area (TPSA) is 308 Å². The molecule has 12 rings (SSSR count). The quantitative estimate of drug-likeness (QED) is 0.0285. The Hall–Kier alpha value is -7.52. The van der Waals surface area contributed by atoms with E-state index in [1.54, 1.807) is 48.5 Å². The van der Waals surface area contributed by atoms with Crippen molar-refractivity contribution in [2.24, 2.45) is 5.73 Å². The summed E-state index contributed by atoms with van der Waals surface area (Å²) >= 11 is 72.8. The third-order valence-corrected chi connectivity index (χ3v) is 20.0. The standard InChI is InChI=1S/C26H20Cl4FNO5.C25H18Cl4FNO5.C19H18Cl2FNO4.C7H3Cl2FO.Li.2H2O/c1-35-26(34)20(32-25(33)22-16(27)4-2-5-17(22)28)10-13-6-7-15(24-23(13)36-8-3-9-37-24)21-18(29)11-14(31)12-19(21)30;26-15-3-1-4-16(27)21(15)24(32)31-19(25(33)34)9-12-5-6-14(23-22(12)35-7-2-8-36-23)20-17(28)10-13(30)11-18(20)29;1-25-19(24)15(23)7-10-3-4-12(18-17(10)26-5-2-6-27-18)16-13(20)8-11(22)9-14(16)21;8-4-2-1-3-5(10)6(4)7(9)11;;;/h2,4-7,11-12,20H,3,8-10H2,1H3,(H,32,33);1,3-6,10-11,19H,2,7-9H2,(H,31,32)(H,33,34);3-4,8-9,15H,2,5-7,23H2,1H3;1-3H;;2*1H2/q;;;;+1;;/p-1/t20-;19-;15-;;;;/m000..../s1. The van der Waals surface area contributed by atoms with Crippen molar-refractivity contribution in [3.63, 3.8) is 0 Å². The van der Waals surface area contributed by atoms with Crippen LogP contribution in [0, 0.1) is 23.3 Å². The Bertz CT molecular complexity index is 4930. The monoisotopic (exact) mass is 1800 g/mol. The van der Waals surface area contributed by atoms with Crippen molar-refractivity contribution in [2.45, 2.75) is 56.7 Å². The number of nitrogens with two attached hydrogens (primary N) is 1. The zero-order valence-corrected chi connectivity index (χ0v) is 68.6. The number of hydrogen-bond acceptors (Lipinski definition) is 16. The van der Waals surface area contributed by atoms with E-state index in [9.17, 15) is 51.4 Å². The molecule has 0 spiro atoms. The van der Waals surface area contributed by atoms with E-state index >= 15 is 0 Å². The predicted molar refractivity (Wildman–Crippen MR) is 426 cm³/mol. The second-order valence-corrected chi connectivity index (χ2v) is 28.7. The SMILES string of the molecule is COC(=O)[C@@H](N)Cc1ccc(-c2c(Cl)cc(F)cc2Cl)c2c1OCCCO2.COC(=O)[C@H](Cc1ccc(-c2c(Cl)cc(F)cc2Cl)c2c1OCCCO2)NC(=O)c1c(Cl)cccc1Cl.O.O=C(Cl)c1c(F)cccc1Cl.O=C(N[C@@H](Cc1ccc(-c2c(Cl)cc(F)cc2Cl)c2c1OCCCO2)C(=O)O)c1c(Cl)cccc1Cl.[Li+].[OH-]. The third kappa shape index (κ3) is 23.7. The fourth-order valence-corrected chi connectivity index (χ4v) is 15.1. The molecule has 0 bridgehead atoms. The Kier molecular flexibility index (Phi) is 36.9. The van der Waals surface area contributed by atoms with Crippen LogP contribution in [0.2, 0.25) is 55.2 Å². The molecule has 0 aliphatic carbocycles. The van der Waals surface area contributed by atoms with Gasteiger partial charge in [-0.1, -0.05) is 164 Å². The normalized spacial score (nSPS) is 13.0. The van der Waals surface area contributed by atoms with E-state index in [1.165, 1.54) is 62.8 Å². The minimum atomic E-state index is -1.34. The Labute approximate surface area is 721 Å². The fourth-order valence-electron chi connectivity index (χ4n) is 11.4. The molecule has 3 atom stereocenters. The van der Waals surface area contributed by atoms with Gasteiger partial charge in [0.2, 0.25) is 0 Å². The number of halogens is 16. The molecule has 8 N–H and O–H groups in total. The first-order chi connectivity index (χ1) is 52.9. The molecule has 2 amide bonds. The number of hydrogen-bond donors (Lipinski definition) is 4. The van der Waals surface area contributed by atoms with Crippen LogP contribution >= 0.6 is 139 Å². The summed E-state index contributed by atoms with van der Waals surface area (Å²) in [5, 5.41) is 15.2. The van der Waals surface area contributed by atoms with E-state index in [-0.39, 0.29) is 127 Å². The van der Waals surface area contributed by atoms with Crippen LogP contribution in [0.4, 0.5) is 17.6 Å². The van der Waals surface area contributed by atoms with Crippen LogP contribution in [0.1, 0.15) is 67.0 Å². The largest absolute Gasteiger partial charge is 1.00 e. The Balaban J connectivity index is 0.000000248. The Morgan fingerprint density at radius 1 is 0.421 bits per heavy atom. The average Bonchev–Trinajstić information content (AvgIpc) is 1.18. The maximum Gasteiger partial charge on any atom is 1.00 e. The number of ether oxygens (including phenoxy) is 8. The van der Waals surface area contributed by atoms with E-state index in [4.69, 9.17) is 178 Å². The molecule has 3 heterocycles. The van der Waals surface area contributed by atoms with Gasteiger partial charge in [-0.2, -0.15) is 0 Å². The van der Waals surface area contributed by atoms with Crippen LogP contribution in [-0.4, -0.2) is 123 Å². The van der Waals surface area contributed by atoms with E-state index in [1.807, 2.05) is 0 Å². The number of carbonyl (C=O) groups excluding carboxylic acids is 5. The van der Waals surface area contributed by atoms with Crippen molar-refractivity contribution < 1.29 is 119 Å². The van der Waals surface area contributed by atoms with E-state index in [0.29, 0.717) is 138 Å². The molecule has 114 heavy (non-hydrogen) atoms. The van der Waals surface area contributed by atoms with Gasteiger partial charge in [0.25, 0.3) is 17.1 Å². The summed E-state index contributed by atoms with van der Waals surface area (Å²) < 4.78 is 99.0. The number of aliphatic carboxylic acids is 1. The van der Waals surface area contributed by atoms with Gasteiger partial charge in [-0.15, -0.1) is 0 Å². The number of amides is 2. The Morgan fingerprint density at radius 2 is 0.702 bits per heavy atom. The van der Waals surface area contributed by atoms with Gasteiger partial charge in [0.1, 0.15) is 41.4 Å². The maximum atomic E-state index is 13.8. The number of esters is 2. The second kappa shape index (κ2) is 44.2. The van der Waals surface area contributed by atoms with Crippen LogP contribution in [-0.2, 0) is 43.1 Å². The maximum absolute atomic E-state index is 13.8. The van der Waals surface area contributed by atoms with Crippen LogP contribution in [0.3, 0.4) is 0 Å². The van der Waals surface area contributed by atoms with Gasteiger partial charge < -0.3 is 70.3 Å². The molecular formula is C77H62Cl12F4LiN3O17. The van der Waals surface area contributed by atoms with Crippen molar-refractivity contribution in [3.8, 4) is 67.9 Å². The summed E-state index contributed by atoms with van der Waals surface area (Å²) in [4.78, 5) is 72.7. The molecule has 9 aromatic carbocycles. The minimum absolute atomic E-state index is 0. The van der Waals surface area contributed by atoms with Crippen LogP contribution < -0.4 is 63.6 Å². The number of carboxylic acids is 1. The van der Waals surface area contributed by atoms with Gasteiger partial charge in [0, 0.05) is 88.6 Å². The number of rotatable bonds is 17. The zero-order valence-electron chi connectivity index (χ0n) is 59.6.